The molecule has 0 aliphatic carbocycles. The molecular weight excluding hydrogens is 296 g/mol. The third-order valence-electron chi connectivity index (χ3n) is 2.64. The number of thiophene rings is 1. The van der Waals surface area contributed by atoms with Gasteiger partial charge in [-0.1, -0.05) is 0 Å². The maximum absolute atomic E-state index is 4.14. The molecule has 0 unspecified atom stereocenters. The Hall–Kier alpha value is -0.710. The zero-order chi connectivity index (χ0) is 12.1. The number of aromatic nitrogens is 1. The zero-order valence-corrected chi connectivity index (χ0v) is 12.1. The van der Waals surface area contributed by atoms with Gasteiger partial charge in [0.2, 0.25) is 0 Å². The van der Waals surface area contributed by atoms with Gasteiger partial charge in [0, 0.05) is 30.4 Å². The highest BCUT2D eigenvalue weighted by Crippen LogP contribution is 2.22. The maximum atomic E-state index is 4.14. The topological polar surface area (TPSA) is 24.9 Å². The van der Waals surface area contributed by atoms with Crippen LogP contribution in [-0.2, 0) is 13.0 Å². The number of rotatable bonds is 5. The van der Waals surface area contributed by atoms with Crippen molar-refractivity contribution in [1.82, 2.24) is 10.3 Å². The third kappa shape index (κ3) is 3.91. The Morgan fingerprint density at radius 1 is 1.35 bits per heavy atom. The van der Waals surface area contributed by atoms with E-state index in [-0.39, 0.29) is 0 Å². The van der Waals surface area contributed by atoms with Gasteiger partial charge in [0.1, 0.15) is 0 Å². The van der Waals surface area contributed by atoms with Crippen molar-refractivity contribution in [3.05, 3.63) is 50.4 Å². The molecule has 90 valence electrons. The highest BCUT2D eigenvalue weighted by molar-refractivity contribution is 9.11. The summed E-state index contributed by atoms with van der Waals surface area (Å²) in [7, 11) is 0. The van der Waals surface area contributed by atoms with Crippen molar-refractivity contribution < 1.29 is 0 Å². The van der Waals surface area contributed by atoms with Crippen molar-refractivity contribution in [3.63, 3.8) is 0 Å². The summed E-state index contributed by atoms with van der Waals surface area (Å²) in [6.07, 6.45) is 4.85. The molecule has 2 nitrogen and oxygen atoms in total. The van der Waals surface area contributed by atoms with E-state index in [1.54, 1.807) is 11.3 Å². The molecule has 4 heteroatoms. The average molecular weight is 311 g/mol. The molecule has 0 fully saturated rings. The first-order chi connectivity index (χ1) is 8.25. The molecule has 0 aliphatic rings. The van der Waals surface area contributed by atoms with E-state index in [1.165, 1.54) is 19.8 Å². The second kappa shape index (κ2) is 6.28. The van der Waals surface area contributed by atoms with Crippen LogP contribution in [0.25, 0.3) is 0 Å². The lowest BCUT2D eigenvalue weighted by atomic mass is 10.1. The average Bonchev–Trinajstić information content (AvgIpc) is 2.73. The minimum Gasteiger partial charge on any atom is -0.312 e. The fraction of sp³-hybridized carbons (Fsp3) is 0.308. The third-order valence-corrected chi connectivity index (χ3v) is 4.32. The predicted molar refractivity (Wildman–Crippen MR) is 76.4 cm³/mol. The zero-order valence-electron chi connectivity index (χ0n) is 9.74. The van der Waals surface area contributed by atoms with Crippen molar-refractivity contribution in [2.45, 2.75) is 19.9 Å². The van der Waals surface area contributed by atoms with Crippen LogP contribution in [0.2, 0.25) is 0 Å². The summed E-state index contributed by atoms with van der Waals surface area (Å²) >= 11 is 5.28. The molecule has 17 heavy (non-hydrogen) atoms. The van der Waals surface area contributed by atoms with Gasteiger partial charge in [-0.25, -0.2) is 0 Å². The maximum Gasteiger partial charge on any atom is 0.0701 e. The lowest BCUT2D eigenvalue weighted by Crippen LogP contribution is -2.17. The van der Waals surface area contributed by atoms with Gasteiger partial charge in [-0.05, 0) is 58.6 Å². The van der Waals surface area contributed by atoms with E-state index >= 15 is 0 Å². The van der Waals surface area contributed by atoms with Gasteiger partial charge in [-0.15, -0.1) is 11.3 Å². The van der Waals surface area contributed by atoms with Gasteiger partial charge in [-0.3, -0.25) is 4.98 Å². The van der Waals surface area contributed by atoms with Crippen LogP contribution in [-0.4, -0.2) is 11.5 Å². The highest BCUT2D eigenvalue weighted by atomic mass is 79.9. The van der Waals surface area contributed by atoms with Gasteiger partial charge in [0.15, 0.2) is 0 Å². The van der Waals surface area contributed by atoms with E-state index in [0.29, 0.717) is 0 Å². The molecule has 0 aliphatic heterocycles. The van der Waals surface area contributed by atoms with Gasteiger partial charge in [0.25, 0.3) is 0 Å². The van der Waals surface area contributed by atoms with Gasteiger partial charge >= 0.3 is 0 Å². The Morgan fingerprint density at radius 3 is 2.94 bits per heavy atom. The minimum atomic E-state index is 0.895. The molecule has 2 aromatic rings. The largest absolute Gasteiger partial charge is 0.312 e. The Bertz CT molecular complexity index is 482. The number of hydrogen-bond acceptors (Lipinski definition) is 3. The van der Waals surface area contributed by atoms with Crippen molar-refractivity contribution in [1.29, 1.82) is 0 Å². The summed E-state index contributed by atoms with van der Waals surface area (Å²) in [5.41, 5.74) is 2.58. The second-order valence-corrected chi connectivity index (χ2v) is 6.48. The minimum absolute atomic E-state index is 0.895. The smallest absolute Gasteiger partial charge is 0.0701 e. The van der Waals surface area contributed by atoms with Gasteiger partial charge in [-0.2, -0.15) is 0 Å². The Morgan fingerprint density at radius 2 is 2.24 bits per heavy atom. The molecule has 0 saturated carbocycles. The van der Waals surface area contributed by atoms with Crippen molar-refractivity contribution in [2.24, 2.45) is 0 Å². The summed E-state index contributed by atoms with van der Waals surface area (Å²) in [5.74, 6) is 0. The Labute approximate surface area is 114 Å². The highest BCUT2D eigenvalue weighted by Gasteiger charge is 1.99. The van der Waals surface area contributed by atoms with Crippen molar-refractivity contribution in [3.8, 4) is 0 Å². The van der Waals surface area contributed by atoms with Gasteiger partial charge < -0.3 is 5.32 Å². The number of hydrogen-bond donors (Lipinski definition) is 1. The van der Waals surface area contributed by atoms with Crippen LogP contribution in [0.1, 0.15) is 16.0 Å². The van der Waals surface area contributed by atoms with Gasteiger partial charge in [0.05, 0.1) is 3.79 Å². The van der Waals surface area contributed by atoms with Crippen LogP contribution in [0.15, 0.2) is 34.4 Å². The molecule has 1 N–H and O–H groups in total. The van der Waals surface area contributed by atoms with E-state index in [0.717, 1.165) is 19.5 Å². The van der Waals surface area contributed by atoms with Crippen LogP contribution in [0.3, 0.4) is 0 Å². The van der Waals surface area contributed by atoms with Crippen LogP contribution in [0.5, 0.6) is 0 Å². The lowest BCUT2D eigenvalue weighted by molar-refractivity contribution is 0.686. The van der Waals surface area contributed by atoms with E-state index < -0.39 is 0 Å². The first-order valence-corrected chi connectivity index (χ1v) is 7.21. The fourth-order valence-electron chi connectivity index (χ4n) is 1.60. The molecule has 2 aromatic heterocycles. The number of nitrogens with zero attached hydrogens (tertiary/aromatic N) is 1. The molecule has 2 heterocycles. The number of nitrogens with one attached hydrogen (secondary N) is 1. The van der Waals surface area contributed by atoms with Crippen molar-refractivity contribution >= 4 is 27.3 Å². The number of aryl methyl sites for hydroxylation is 1. The first kappa shape index (κ1) is 12.7. The van der Waals surface area contributed by atoms with E-state index in [9.17, 15) is 0 Å². The first-order valence-electron chi connectivity index (χ1n) is 5.60. The lowest BCUT2D eigenvalue weighted by Gasteiger charge is -2.06. The van der Waals surface area contributed by atoms with Crippen LogP contribution in [0, 0.1) is 6.92 Å². The predicted octanol–water partition coefficient (Wildman–Crippen LogP) is 3.55. The quantitative estimate of drug-likeness (QED) is 0.854. The summed E-state index contributed by atoms with van der Waals surface area (Å²) in [6, 6.07) is 6.32. The summed E-state index contributed by atoms with van der Waals surface area (Å²) < 4.78 is 1.20. The molecule has 0 spiro atoms. The van der Waals surface area contributed by atoms with E-state index in [1.807, 2.05) is 18.5 Å². The molecule has 0 saturated heterocycles. The molecular formula is C13H15BrN2S. The van der Waals surface area contributed by atoms with E-state index in [4.69, 9.17) is 0 Å². The van der Waals surface area contributed by atoms with Crippen LogP contribution < -0.4 is 5.32 Å². The van der Waals surface area contributed by atoms with Crippen LogP contribution in [0.4, 0.5) is 0 Å². The monoisotopic (exact) mass is 310 g/mol. The van der Waals surface area contributed by atoms with Crippen LogP contribution >= 0.6 is 27.3 Å². The Balaban J connectivity index is 1.75. The fourth-order valence-corrected chi connectivity index (χ4v) is 3.09. The molecule has 0 aromatic carbocycles. The van der Waals surface area contributed by atoms with Crippen molar-refractivity contribution in [2.75, 3.05) is 6.54 Å². The molecule has 0 bridgehead atoms. The normalized spacial score (nSPS) is 10.7. The summed E-state index contributed by atoms with van der Waals surface area (Å²) in [4.78, 5) is 5.55. The standard InChI is InChI=1S/C13H15BrN2S/c1-10-4-6-15-8-11(10)9-16-7-5-12-2-3-13(14)17-12/h2-4,6,8,16H,5,7,9H2,1H3. The molecule has 2 rings (SSSR count). The molecule has 0 atom stereocenters. The summed E-state index contributed by atoms with van der Waals surface area (Å²) in [6.45, 7) is 4.02. The second-order valence-electron chi connectivity index (χ2n) is 3.93. The van der Waals surface area contributed by atoms with E-state index in [2.05, 4.69) is 45.3 Å². The molecule has 0 amide bonds. The Kier molecular flexibility index (Phi) is 4.71. The number of halogens is 1. The molecule has 0 radical (unpaired) electrons. The SMILES string of the molecule is Cc1ccncc1CNCCc1ccc(Br)s1. The summed E-state index contributed by atoms with van der Waals surface area (Å²) in [5, 5.41) is 3.45. The number of pyridine rings is 1.